The summed E-state index contributed by atoms with van der Waals surface area (Å²) in [6.07, 6.45) is 1.91. The van der Waals surface area contributed by atoms with Crippen molar-refractivity contribution in [1.29, 1.82) is 0 Å². The second-order valence-corrected chi connectivity index (χ2v) is 7.12. The monoisotopic (exact) mass is 321 g/mol. The molecule has 2 fully saturated rings. The van der Waals surface area contributed by atoms with Crippen molar-refractivity contribution in [3.63, 3.8) is 0 Å². The number of likely N-dealkylation sites (tertiary alicyclic amines) is 1. The number of likely N-dealkylation sites (N-methyl/N-ethyl adjacent to an activating group) is 1. The van der Waals surface area contributed by atoms with Crippen molar-refractivity contribution < 1.29 is 9.59 Å². The van der Waals surface area contributed by atoms with Crippen molar-refractivity contribution in [2.75, 3.05) is 33.2 Å². The first-order valence-corrected chi connectivity index (χ1v) is 8.79. The van der Waals surface area contributed by atoms with Crippen LogP contribution in [0.3, 0.4) is 0 Å². The number of hydrogen-bond acceptors (Lipinski definition) is 4. The molecule has 0 aromatic carbocycles. The number of carbonyl (C=O) groups is 2. The molecule has 1 atom stereocenters. The van der Waals surface area contributed by atoms with Crippen molar-refractivity contribution in [3.05, 3.63) is 22.4 Å². The quantitative estimate of drug-likeness (QED) is 0.829. The molecular weight excluding hydrogens is 298 g/mol. The van der Waals surface area contributed by atoms with Crippen LogP contribution in [0.2, 0.25) is 0 Å². The molecule has 5 nitrogen and oxygen atoms in total. The highest BCUT2D eigenvalue weighted by molar-refractivity contribution is 7.12. The Labute approximate surface area is 135 Å². The van der Waals surface area contributed by atoms with Crippen molar-refractivity contribution in [2.24, 2.45) is 0 Å². The van der Waals surface area contributed by atoms with Crippen LogP contribution in [0.4, 0.5) is 0 Å². The lowest BCUT2D eigenvalue weighted by atomic mass is 9.99. The number of hydrogen-bond donors (Lipinski definition) is 0. The molecule has 3 rings (SSSR count). The predicted molar refractivity (Wildman–Crippen MR) is 87.0 cm³/mol. The van der Waals surface area contributed by atoms with Crippen LogP contribution in [0.25, 0.3) is 0 Å². The van der Waals surface area contributed by atoms with Gasteiger partial charge < -0.3 is 9.80 Å². The van der Waals surface area contributed by atoms with Gasteiger partial charge in [0.15, 0.2) is 0 Å². The fraction of sp³-hybridized carbons (Fsp3) is 0.625. The van der Waals surface area contributed by atoms with Crippen molar-refractivity contribution in [1.82, 2.24) is 14.7 Å². The number of nitrogens with zero attached hydrogens (tertiary/aromatic N) is 3. The van der Waals surface area contributed by atoms with E-state index in [2.05, 4.69) is 4.90 Å². The average molecular weight is 321 g/mol. The number of carbonyl (C=O) groups excluding carboxylic acids is 2. The van der Waals surface area contributed by atoms with E-state index in [0.717, 1.165) is 43.9 Å². The van der Waals surface area contributed by atoms with E-state index in [0.29, 0.717) is 6.04 Å². The number of thiophene rings is 1. The van der Waals surface area contributed by atoms with E-state index < -0.39 is 0 Å². The Bertz CT molecular complexity index is 538. The minimum absolute atomic E-state index is 0.0386. The molecule has 1 aromatic heterocycles. The molecule has 0 bridgehead atoms. The second kappa shape index (κ2) is 6.38. The third-order valence-corrected chi connectivity index (χ3v) is 5.74. The van der Waals surface area contributed by atoms with Gasteiger partial charge in [0.2, 0.25) is 5.91 Å². The highest BCUT2D eigenvalue weighted by atomic mass is 32.1. The normalized spacial score (nSPS) is 24.8. The smallest absolute Gasteiger partial charge is 0.263 e. The lowest BCUT2D eigenvalue weighted by Crippen LogP contribution is -2.59. The second-order valence-electron chi connectivity index (χ2n) is 6.17. The van der Waals surface area contributed by atoms with E-state index in [9.17, 15) is 9.59 Å². The van der Waals surface area contributed by atoms with Crippen LogP contribution in [-0.4, -0.2) is 71.8 Å². The minimum Gasteiger partial charge on any atom is -0.343 e. The van der Waals surface area contributed by atoms with Crippen molar-refractivity contribution >= 4 is 23.2 Å². The fourth-order valence-electron chi connectivity index (χ4n) is 3.49. The molecule has 2 aliphatic rings. The Balaban J connectivity index is 1.58. The average Bonchev–Trinajstić information content (AvgIpc) is 3.07. The number of rotatable bonds is 2. The zero-order chi connectivity index (χ0) is 15.7. The molecule has 2 saturated heterocycles. The molecule has 22 heavy (non-hydrogen) atoms. The SMILES string of the molecule is CC1C(=O)N(C)CCN1C1CCN(C(=O)c2cccs2)CC1. The molecule has 0 saturated carbocycles. The van der Waals surface area contributed by atoms with Gasteiger partial charge in [0.25, 0.3) is 5.91 Å². The molecule has 0 aliphatic carbocycles. The van der Waals surface area contributed by atoms with Gasteiger partial charge in [-0.25, -0.2) is 0 Å². The van der Waals surface area contributed by atoms with Gasteiger partial charge in [-0.2, -0.15) is 0 Å². The van der Waals surface area contributed by atoms with Gasteiger partial charge in [-0.3, -0.25) is 14.5 Å². The molecule has 2 aliphatic heterocycles. The number of piperidine rings is 1. The van der Waals surface area contributed by atoms with Crippen LogP contribution in [0.1, 0.15) is 29.4 Å². The van der Waals surface area contributed by atoms with E-state index in [-0.39, 0.29) is 17.9 Å². The highest BCUT2D eigenvalue weighted by Gasteiger charge is 2.36. The summed E-state index contributed by atoms with van der Waals surface area (Å²) in [4.78, 5) is 31.4. The van der Waals surface area contributed by atoms with Crippen molar-refractivity contribution in [3.8, 4) is 0 Å². The maximum absolute atomic E-state index is 12.4. The number of piperazine rings is 1. The molecule has 120 valence electrons. The molecule has 0 radical (unpaired) electrons. The van der Waals surface area contributed by atoms with Gasteiger partial charge in [0.05, 0.1) is 10.9 Å². The molecular formula is C16H23N3O2S. The van der Waals surface area contributed by atoms with Gasteiger partial charge in [-0.1, -0.05) is 6.07 Å². The molecule has 6 heteroatoms. The van der Waals surface area contributed by atoms with Crippen LogP contribution in [0.5, 0.6) is 0 Å². The Morgan fingerprint density at radius 3 is 2.59 bits per heavy atom. The Morgan fingerprint density at radius 1 is 1.23 bits per heavy atom. The summed E-state index contributed by atoms with van der Waals surface area (Å²) in [5, 5.41) is 1.94. The van der Waals surface area contributed by atoms with Crippen LogP contribution in [0, 0.1) is 0 Å². The summed E-state index contributed by atoms with van der Waals surface area (Å²) in [5.74, 6) is 0.360. The molecule has 0 N–H and O–H groups in total. The lowest BCUT2D eigenvalue weighted by Gasteiger charge is -2.45. The Morgan fingerprint density at radius 2 is 1.95 bits per heavy atom. The lowest BCUT2D eigenvalue weighted by molar-refractivity contribution is -0.141. The third kappa shape index (κ3) is 2.90. The first-order chi connectivity index (χ1) is 10.6. The topological polar surface area (TPSA) is 43.9 Å². The van der Waals surface area contributed by atoms with E-state index in [1.807, 2.05) is 41.3 Å². The molecule has 3 heterocycles. The summed E-state index contributed by atoms with van der Waals surface area (Å²) >= 11 is 1.50. The summed E-state index contributed by atoms with van der Waals surface area (Å²) in [6.45, 7) is 5.31. The Kier molecular flexibility index (Phi) is 4.49. The summed E-state index contributed by atoms with van der Waals surface area (Å²) < 4.78 is 0. The van der Waals surface area contributed by atoms with E-state index >= 15 is 0 Å². The molecule has 1 unspecified atom stereocenters. The minimum atomic E-state index is -0.0386. The van der Waals surface area contributed by atoms with E-state index in [4.69, 9.17) is 0 Å². The summed E-state index contributed by atoms with van der Waals surface area (Å²) in [6, 6.07) is 4.19. The maximum Gasteiger partial charge on any atom is 0.263 e. The van der Waals surface area contributed by atoms with Crippen molar-refractivity contribution in [2.45, 2.75) is 31.8 Å². The first kappa shape index (κ1) is 15.5. The number of amides is 2. The van der Waals surface area contributed by atoms with Crippen LogP contribution in [-0.2, 0) is 4.79 Å². The van der Waals surface area contributed by atoms with Gasteiger partial charge in [0.1, 0.15) is 0 Å². The zero-order valence-corrected chi connectivity index (χ0v) is 14.0. The zero-order valence-electron chi connectivity index (χ0n) is 13.2. The van der Waals surface area contributed by atoms with Crippen LogP contribution in [0.15, 0.2) is 17.5 Å². The van der Waals surface area contributed by atoms with Gasteiger partial charge in [-0.15, -0.1) is 11.3 Å². The highest BCUT2D eigenvalue weighted by Crippen LogP contribution is 2.23. The molecule has 0 spiro atoms. The molecule has 1 aromatic rings. The standard InChI is InChI=1S/C16H23N3O2S/c1-12-15(20)17(2)9-10-19(12)13-5-7-18(8-6-13)16(21)14-4-3-11-22-14/h3-4,11-13H,5-10H2,1-2H3. The fourth-order valence-corrected chi connectivity index (χ4v) is 4.18. The Hall–Kier alpha value is -1.40. The first-order valence-electron chi connectivity index (χ1n) is 7.91. The third-order valence-electron chi connectivity index (χ3n) is 4.88. The van der Waals surface area contributed by atoms with Crippen LogP contribution < -0.4 is 0 Å². The van der Waals surface area contributed by atoms with E-state index in [1.54, 1.807) is 0 Å². The summed E-state index contributed by atoms with van der Waals surface area (Å²) in [7, 11) is 1.87. The molecule has 2 amide bonds. The van der Waals surface area contributed by atoms with Crippen LogP contribution >= 0.6 is 11.3 Å². The van der Waals surface area contributed by atoms with Gasteiger partial charge >= 0.3 is 0 Å². The van der Waals surface area contributed by atoms with Gasteiger partial charge in [-0.05, 0) is 31.2 Å². The van der Waals surface area contributed by atoms with Gasteiger partial charge in [0, 0.05) is 39.3 Å². The predicted octanol–water partition coefficient (Wildman–Crippen LogP) is 1.52. The van der Waals surface area contributed by atoms with E-state index in [1.165, 1.54) is 11.3 Å². The maximum atomic E-state index is 12.4. The summed E-state index contributed by atoms with van der Waals surface area (Å²) in [5.41, 5.74) is 0. The largest absolute Gasteiger partial charge is 0.343 e.